The molecular formula is C12H14ClN3O3. The SMILES string of the molecule is COc1cc2nc(CN)c(Cl)nc2c(OC)c1OC. The van der Waals surface area contributed by atoms with Crippen molar-refractivity contribution < 1.29 is 14.2 Å². The van der Waals surface area contributed by atoms with E-state index in [1.807, 2.05) is 0 Å². The molecule has 19 heavy (non-hydrogen) atoms. The maximum Gasteiger partial charge on any atom is 0.205 e. The molecule has 6 nitrogen and oxygen atoms in total. The van der Waals surface area contributed by atoms with Gasteiger partial charge in [0.25, 0.3) is 0 Å². The number of nitrogens with zero attached hydrogens (tertiary/aromatic N) is 2. The molecule has 0 aliphatic heterocycles. The number of rotatable bonds is 4. The normalized spacial score (nSPS) is 10.6. The van der Waals surface area contributed by atoms with Crippen LogP contribution < -0.4 is 19.9 Å². The molecule has 2 N–H and O–H groups in total. The van der Waals surface area contributed by atoms with Crippen molar-refractivity contribution in [3.05, 3.63) is 16.9 Å². The van der Waals surface area contributed by atoms with Gasteiger partial charge in [0.15, 0.2) is 16.7 Å². The fraction of sp³-hybridized carbons (Fsp3) is 0.333. The van der Waals surface area contributed by atoms with Crippen LogP contribution in [-0.2, 0) is 6.54 Å². The first-order chi connectivity index (χ1) is 9.15. The third-order valence-corrected chi connectivity index (χ3v) is 2.98. The number of aromatic nitrogens is 2. The predicted molar refractivity (Wildman–Crippen MR) is 72.1 cm³/mol. The first kappa shape index (κ1) is 13.6. The van der Waals surface area contributed by atoms with Crippen LogP contribution in [0.4, 0.5) is 0 Å². The molecule has 0 fully saturated rings. The molecule has 2 aromatic rings. The highest BCUT2D eigenvalue weighted by Crippen LogP contribution is 2.42. The van der Waals surface area contributed by atoms with Crippen LogP contribution in [0.3, 0.4) is 0 Å². The van der Waals surface area contributed by atoms with E-state index in [0.29, 0.717) is 34.0 Å². The van der Waals surface area contributed by atoms with E-state index < -0.39 is 0 Å². The van der Waals surface area contributed by atoms with Crippen LogP contribution in [0.5, 0.6) is 17.2 Å². The van der Waals surface area contributed by atoms with Gasteiger partial charge in [-0.25, -0.2) is 9.97 Å². The summed E-state index contributed by atoms with van der Waals surface area (Å²) in [4.78, 5) is 8.61. The number of hydrogen-bond acceptors (Lipinski definition) is 6. The Kier molecular flexibility index (Phi) is 3.92. The summed E-state index contributed by atoms with van der Waals surface area (Å²) in [6.45, 7) is 0.207. The zero-order valence-electron chi connectivity index (χ0n) is 10.9. The van der Waals surface area contributed by atoms with E-state index in [4.69, 9.17) is 31.5 Å². The minimum atomic E-state index is 0.207. The average molecular weight is 284 g/mol. The van der Waals surface area contributed by atoms with Gasteiger partial charge in [-0.05, 0) is 0 Å². The van der Waals surface area contributed by atoms with Crippen LogP contribution in [0.2, 0.25) is 5.15 Å². The van der Waals surface area contributed by atoms with Crippen LogP contribution in [0.25, 0.3) is 11.0 Å². The van der Waals surface area contributed by atoms with Gasteiger partial charge in [0.05, 0.1) is 32.5 Å². The Labute approximate surface area is 115 Å². The summed E-state index contributed by atoms with van der Waals surface area (Å²) in [7, 11) is 4.58. The first-order valence-electron chi connectivity index (χ1n) is 5.51. The van der Waals surface area contributed by atoms with E-state index in [1.165, 1.54) is 21.3 Å². The molecule has 0 saturated carbocycles. The molecule has 1 heterocycles. The average Bonchev–Trinajstić information content (AvgIpc) is 2.44. The van der Waals surface area contributed by atoms with Crippen molar-refractivity contribution in [2.75, 3.05) is 21.3 Å². The van der Waals surface area contributed by atoms with Crippen LogP contribution >= 0.6 is 11.6 Å². The van der Waals surface area contributed by atoms with Gasteiger partial charge >= 0.3 is 0 Å². The lowest BCUT2D eigenvalue weighted by atomic mass is 10.2. The summed E-state index contributed by atoms with van der Waals surface area (Å²) in [5, 5.41) is 0.250. The second-order valence-corrected chi connectivity index (χ2v) is 4.04. The summed E-state index contributed by atoms with van der Waals surface area (Å²) < 4.78 is 15.9. The van der Waals surface area contributed by atoms with Crippen LogP contribution in [0.15, 0.2) is 6.07 Å². The lowest BCUT2D eigenvalue weighted by Crippen LogP contribution is -2.04. The minimum Gasteiger partial charge on any atom is -0.493 e. The number of nitrogens with two attached hydrogens (primary N) is 1. The second kappa shape index (κ2) is 5.46. The van der Waals surface area contributed by atoms with Gasteiger partial charge in [0, 0.05) is 12.6 Å². The molecule has 0 saturated heterocycles. The molecule has 0 aliphatic carbocycles. The topological polar surface area (TPSA) is 79.5 Å². The molecule has 1 aromatic carbocycles. The molecule has 0 bridgehead atoms. The molecule has 0 spiro atoms. The molecule has 2 rings (SSSR count). The molecular weight excluding hydrogens is 270 g/mol. The van der Waals surface area contributed by atoms with Crippen molar-refractivity contribution in [2.24, 2.45) is 5.73 Å². The van der Waals surface area contributed by atoms with Gasteiger partial charge in [-0.2, -0.15) is 0 Å². The van der Waals surface area contributed by atoms with Crippen molar-refractivity contribution in [1.82, 2.24) is 9.97 Å². The summed E-state index contributed by atoms with van der Waals surface area (Å²) in [5.74, 6) is 1.38. The zero-order valence-corrected chi connectivity index (χ0v) is 11.6. The molecule has 0 radical (unpaired) electrons. The fourth-order valence-corrected chi connectivity index (χ4v) is 2.01. The standard InChI is InChI=1S/C12H14ClN3O3/c1-17-8-4-6-9(11(19-3)10(8)18-2)16-12(13)7(5-14)15-6/h4H,5,14H2,1-3H3. The predicted octanol–water partition coefficient (Wildman–Crippen LogP) is 1.77. The smallest absolute Gasteiger partial charge is 0.205 e. The van der Waals surface area contributed by atoms with Crippen molar-refractivity contribution in [1.29, 1.82) is 0 Å². The Bertz CT molecular complexity index is 619. The highest BCUT2D eigenvalue weighted by molar-refractivity contribution is 6.30. The van der Waals surface area contributed by atoms with Crippen molar-refractivity contribution in [2.45, 2.75) is 6.54 Å². The van der Waals surface area contributed by atoms with Gasteiger partial charge in [-0.3, -0.25) is 0 Å². The quantitative estimate of drug-likeness (QED) is 0.921. The van der Waals surface area contributed by atoms with E-state index in [-0.39, 0.29) is 11.7 Å². The van der Waals surface area contributed by atoms with Gasteiger partial charge < -0.3 is 19.9 Å². The molecule has 1 aromatic heterocycles. The molecule has 7 heteroatoms. The number of fused-ring (bicyclic) bond motifs is 1. The summed E-state index contributed by atoms with van der Waals surface area (Å²) in [6.07, 6.45) is 0. The zero-order chi connectivity index (χ0) is 14.0. The maximum absolute atomic E-state index is 6.02. The van der Waals surface area contributed by atoms with Gasteiger partial charge in [-0.15, -0.1) is 0 Å². The largest absolute Gasteiger partial charge is 0.493 e. The molecule has 0 aliphatic rings. The van der Waals surface area contributed by atoms with E-state index >= 15 is 0 Å². The first-order valence-corrected chi connectivity index (χ1v) is 5.89. The van der Waals surface area contributed by atoms with E-state index in [9.17, 15) is 0 Å². The third kappa shape index (κ3) is 2.24. The Morgan fingerprint density at radius 1 is 1.11 bits per heavy atom. The highest BCUT2D eigenvalue weighted by atomic mass is 35.5. The highest BCUT2D eigenvalue weighted by Gasteiger charge is 2.19. The monoisotopic (exact) mass is 283 g/mol. The van der Waals surface area contributed by atoms with Crippen molar-refractivity contribution in [3.63, 3.8) is 0 Å². The Morgan fingerprint density at radius 2 is 1.79 bits per heavy atom. The van der Waals surface area contributed by atoms with E-state index in [1.54, 1.807) is 6.07 Å². The summed E-state index contributed by atoms with van der Waals surface area (Å²) >= 11 is 6.02. The number of methoxy groups -OCH3 is 3. The Hall–Kier alpha value is -1.79. The summed E-state index contributed by atoms with van der Waals surface area (Å²) in [6, 6.07) is 1.71. The lowest BCUT2D eigenvalue weighted by molar-refractivity contribution is 0.326. The molecule has 0 unspecified atom stereocenters. The van der Waals surface area contributed by atoms with Crippen LogP contribution in [0, 0.1) is 0 Å². The molecule has 0 amide bonds. The van der Waals surface area contributed by atoms with E-state index in [0.717, 1.165) is 0 Å². The Balaban J connectivity index is 2.84. The summed E-state index contributed by atoms with van der Waals surface area (Å²) in [5.41, 5.74) is 7.17. The number of benzene rings is 1. The van der Waals surface area contributed by atoms with E-state index in [2.05, 4.69) is 9.97 Å². The molecule has 102 valence electrons. The number of halogens is 1. The van der Waals surface area contributed by atoms with Crippen LogP contribution in [-0.4, -0.2) is 31.3 Å². The van der Waals surface area contributed by atoms with Crippen molar-refractivity contribution >= 4 is 22.6 Å². The van der Waals surface area contributed by atoms with Crippen LogP contribution in [0.1, 0.15) is 5.69 Å². The maximum atomic E-state index is 6.02. The fourth-order valence-electron chi connectivity index (χ4n) is 1.81. The minimum absolute atomic E-state index is 0.207. The number of hydrogen-bond donors (Lipinski definition) is 1. The van der Waals surface area contributed by atoms with Gasteiger partial charge in [0.1, 0.15) is 5.52 Å². The Morgan fingerprint density at radius 3 is 2.32 bits per heavy atom. The number of ether oxygens (including phenoxy) is 3. The van der Waals surface area contributed by atoms with Gasteiger partial charge in [0.2, 0.25) is 5.75 Å². The van der Waals surface area contributed by atoms with Crippen molar-refractivity contribution in [3.8, 4) is 17.2 Å². The third-order valence-electron chi connectivity index (χ3n) is 2.68. The lowest BCUT2D eigenvalue weighted by Gasteiger charge is -2.14. The van der Waals surface area contributed by atoms with Gasteiger partial charge in [-0.1, -0.05) is 11.6 Å². The second-order valence-electron chi connectivity index (χ2n) is 3.68. The molecule has 0 atom stereocenters.